The first-order valence-corrected chi connectivity index (χ1v) is 6.96. The van der Waals surface area contributed by atoms with Crippen LogP contribution in [0.1, 0.15) is 11.3 Å². The number of nitro groups is 1. The highest BCUT2D eigenvalue weighted by Gasteiger charge is 2.16. The van der Waals surface area contributed by atoms with Crippen LogP contribution in [0.25, 0.3) is 4.96 Å². The maximum atomic E-state index is 10.7. The number of hydrogen-bond donors (Lipinski definition) is 1. The molecule has 0 radical (unpaired) electrons. The summed E-state index contributed by atoms with van der Waals surface area (Å²) < 4.78 is 7.45. The van der Waals surface area contributed by atoms with Gasteiger partial charge < -0.3 is 9.84 Å². The highest BCUT2D eigenvalue weighted by Crippen LogP contribution is 2.31. The smallest absolute Gasteiger partial charge is 0.269 e. The van der Waals surface area contributed by atoms with Crippen LogP contribution < -0.4 is 4.74 Å². The van der Waals surface area contributed by atoms with Gasteiger partial charge in [-0.15, -0.1) is 11.3 Å². The van der Waals surface area contributed by atoms with Crippen molar-refractivity contribution in [2.24, 2.45) is 0 Å². The molecule has 2 heterocycles. The summed E-state index contributed by atoms with van der Waals surface area (Å²) in [6, 6.07) is 4.34. The molecule has 21 heavy (non-hydrogen) atoms. The third kappa shape index (κ3) is 2.34. The van der Waals surface area contributed by atoms with Gasteiger partial charge in [0.15, 0.2) is 4.96 Å². The molecule has 2 aromatic heterocycles. The Morgan fingerprint density at radius 1 is 1.52 bits per heavy atom. The molecule has 0 saturated carbocycles. The predicted molar refractivity (Wildman–Crippen MR) is 76.9 cm³/mol. The second-order valence-corrected chi connectivity index (χ2v) is 5.26. The van der Waals surface area contributed by atoms with Crippen LogP contribution in [0.4, 0.5) is 5.69 Å². The molecule has 3 aromatic rings. The number of rotatable bonds is 4. The summed E-state index contributed by atoms with van der Waals surface area (Å²) in [7, 11) is 0. The first-order chi connectivity index (χ1) is 10.1. The first-order valence-electron chi connectivity index (χ1n) is 6.08. The van der Waals surface area contributed by atoms with Gasteiger partial charge in [-0.25, -0.2) is 0 Å². The molecule has 0 saturated heterocycles. The van der Waals surface area contributed by atoms with Crippen molar-refractivity contribution in [3.05, 3.63) is 51.1 Å². The number of thiazole rings is 1. The van der Waals surface area contributed by atoms with Crippen LogP contribution in [-0.2, 0) is 6.61 Å². The number of fused-ring (bicyclic) bond motifs is 1. The maximum absolute atomic E-state index is 10.7. The van der Waals surface area contributed by atoms with Crippen molar-refractivity contribution < 1.29 is 14.8 Å². The second kappa shape index (κ2) is 5.15. The van der Waals surface area contributed by atoms with Crippen molar-refractivity contribution in [1.29, 1.82) is 0 Å². The molecule has 0 atom stereocenters. The summed E-state index contributed by atoms with van der Waals surface area (Å²) in [6.07, 6.45) is 1.80. The monoisotopic (exact) mass is 305 g/mol. The first kappa shape index (κ1) is 13.5. The average molecular weight is 305 g/mol. The minimum Gasteiger partial charge on any atom is -0.437 e. The Morgan fingerprint density at radius 3 is 3.00 bits per heavy atom. The van der Waals surface area contributed by atoms with Gasteiger partial charge >= 0.3 is 0 Å². The number of benzene rings is 1. The second-order valence-electron chi connectivity index (χ2n) is 4.39. The zero-order valence-electron chi connectivity index (χ0n) is 11.0. The lowest BCUT2D eigenvalue weighted by Gasteiger charge is -2.07. The molecule has 108 valence electrons. The molecule has 0 aliphatic carbocycles. The highest BCUT2D eigenvalue weighted by atomic mass is 32.1. The normalized spacial score (nSPS) is 11.0. The zero-order valence-corrected chi connectivity index (χ0v) is 11.8. The third-order valence-corrected chi connectivity index (χ3v) is 3.81. The Hall–Kier alpha value is -2.45. The largest absolute Gasteiger partial charge is 0.437 e. The fourth-order valence-electron chi connectivity index (χ4n) is 2.00. The molecule has 0 unspecified atom stereocenters. The molecule has 3 rings (SSSR count). The van der Waals surface area contributed by atoms with Crippen molar-refractivity contribution in [2.75, 3.05) is 0 Å². The van der Waals surface area contributed by atoms with Gasteiger partial charge in [0.2, 0.25) is 5.88 Å². The van der Waals surface area contributed by atoms with Crippen molar-refractivity contribution in [3.8, 4) is 11.6 Å². The van der Waals surface area contributed by atoms with E-state index in [2.05, 4.69) is 4.98 Å². The lowest BCUT2D eigenvalue weighted by molar-refractivity contribution is -0.384. The average Bonchev–Trinajstić information content (AvgIpc) is 3.00. The summed E-state index contributed by atoms with van der Waals surface area (Å²) in [4.78, 5) is 15.3. The van der Waals surface area contributed by atoms with Gasteiger partial charge in [0.05, 0.1) is 11.5 Å². The van der Waals surface area contributed by atoms with Crippen LogP contribution in [0.3, 0.4) is 0 Å². The summed E-state index contributed by atoms with van der Waals surface area (Å²) in [5.41, 5.74) is 1.18. The number of non-ortho nitro benzene ring substituents is 1. The fourth-order valence-corrected chi connectivity index (χ4v) is 2.73. The van der Waals surface area contributed by atoms with Gasteiger partial charge in [-0.3, -0.25) is 14.5 Å². The van der Waals surface area contributed by atoms with Crippen molar-refractivity contribution in [2.45, 2.75) is 13.5 Å². The fraction of sp³-hybridized carbons (Fsp3) is 0.154. The number of hydrogen-bond acceptors (Lipinski definition) is 6. The summed E-state index contributed by atoms with van der Waals surface area (Å²) in [5, 5.41) is 22.0. The highest BCUT2D eigenvalue weighted by molar-refractivity contribution is 7.15. The Balaban J connectivity index is 1.98. The van der Waals surface area contributed by atoms with Crippen LogP contribution in [0.15, 0.2) is 29.8 Å². The maximum Gasteiger partial charge on any atom is 0.269 e. The van der Waals surface area contributed by atoms with Crippen LogP contribution in [0.2, 0.25) is 0 Å². The summed E-state index contributed by atoms with van der Waals surface area (Å²) >= 11 is 1.43. The molecule has 7 nitrogen and oxygen atoms in total. The molecule has 1 N–H and O–H groups in total. The van der Waals surface area contributed by atoms with Gasteiger partial charge in [-0.05, 0) is 18.6 Å². The Kier molecular flexibility index (Phi) is 3.32. The molecule has 8 heteroatoms. The number of nitro benzene ring substituents is 1. The molecule has 0 spiro atoms. The molecule has 0 fully saturated rings. The molecule has 0 aliphatic heterocycles. The van der Waals surface area contributed by atoms with E-state index in [1.54, 1.807) is 17.5 Å². The van der Waals surface area contributed by atoms with Crippen molar-refractivity contribution in [1.82, 2.24) is 9.38 Å². The molecule has 0 bridgehead atoms. The summed E-state index contributed by atoms with van der Waals surface area (Å²) in [5.74, 6) is 0.780. The molecule has 0 aliphatic rings. The number of imidazole rings is 1. The Morgan fingerprint density at radius 2 is 2.33 bits per heavy atom. The van der Waals surface area contributed by atoms with Crippen LogP contribution in [-0.4, -0.2) is 19.4 Å². The number of aromatic nitrogens is 2. The molecule has 0 amide bonds. The van der Waals surface area contributed by atoms with Gasteiger partial charge in [0.1, 0.15) is 11.4 Å². The molecule has 1 aromatic carbocycles. The van der Waals surface area contributed by atoms with E-state index in [0.29, 0.717) is 27.8 Å². The minimum absolute atomic E-state index is 0.00746. The number of aliphatic hydroxyl groups is 1. The standard InChI is InChI=1S/C13H11N3O4S/c1-8-6-9(16(18)19)2-3-11(8)20-12-10(7-17)15-4-5-21-13(15)14-12/h2-6,17H,7H2,1H3. The van der Waals surface area contributed by atoms with E-state index in [1.807, 2.05) is 5.38 Å². The SMILES string of the molecule is Cc1cc([N+](=O)[O-])ccc1Oc1nc2sccn2c1CO. The van der Waals surface area contributed by atoms with E-state index < -0.39 is 4.92 Å². The zero-order chi connectivity index (χ0) is 15.0. The van der Waals surface area contributed by atoms with E-state index in [0.717, 1.165) is 0 Å². The van der Waals surface area contributed by atoms with Gasteiger partial charge in [0.25, 0.3) is 5.69 Å². The van der Waals surface area contributed by atoms with E-state index in [9.17, 15) is 15.2 Å². The topological polar surface area (TPSA) is 89.9 Å². The number of ether oxygens (including phenoxy) is 1. The number of nitrogens with zero attached hydrogens (tertiary/aromatic N) is 3. The Bertz CT molecular complexity index is 824. The van der Waals surface area contributed by atoms with E-state index in [-0.39, 0.29) is 12.3 Å². The quantitative estimate of drug-likeness (QED) is 0.591. The summed E-state index contributed by atoms with van der Waals surface area (Å²) in [6.45, 7) is 1.51. The molecular formula is C13H11N3O4S. The van der Waals surface area contributed by atoms with E-state index in [4.69, 9.17) is 4.74 Å². The third-order valence-electron chi connectivity index (χ3n) is 3.05. The number of aryl methyl sites for hydroxylation is 1. The molecular weight excluding hydrogens is 294 g/mol. The Labute approximate surface area is 123 Å². The lowest BCUT2D eigenvalue weighted by atomic mass is 10.2. The lowest BCUT2D eigenvalue weighted by Crippen LogP contribution is -1.95. The van der Waals surface area contributed by atoms with Gasteiger partial charge in [-0.2, -0.15) is 4.98 Å². The van der Waals surface area contributed by atoms with Crippen LogP contribution in [0.5, 0.6) is 11.6 Å². The predicted octanol–water partition coefficient (Wildman–Crippen LogP) is 2.90. The van der Waals surface area contributed by atoms with Gasteiger partial charge in [0, 0.05) is 23.7 Å². The van der Waals surface area contributed by atoms with E-state index >= 15 is 0 Å². The van der Waals surface area contributed by atoms with E-state index in [1.165, 1.54) is 29.5 Å². The number of aliphatic hydroxyl groups excluding tert-OH is 1. The van der Waals surface area contributed by atoms with Crippen LogP contribution in [0, 0.1) is 17.0 Å². The van der Waals surface area contributed by atoms with Crippen LogP contribution >= 0.6 is 11.3 Å². The van der Waals surface area contributed by atoms with Crippen molar-refractivity contribution in [3.63, 3.8) is 0 Å². The van der Waals surface area contributed by atoms with Crippen molar-refractivity contribution >= 4 is 22.0 Å². The minimum atomic E-state index is -0.456. The van der Waals surface area contributed by atoms with Gasteiger partial charge in [-0.1, -0.05) is 0 Å².